The molecule has 1 unspecified atom stereocenters. The maximum atomic E-state index is 12.8. The Bertz CT molecular complexity index is 643. The van der Waals surface area contributed by atoms with E-state index in [0.29, 0.717) is 30.8 Å². The number of aromatic amines is 1. The van der Waals surface area contributed by atoms with E-state index >= 15 is 0 Å². The topological polar surface area (TPSA) is 95.2 Å². The monoisotopic (exact) mass is 312 g/mol. The minimum atomic E-state index is -3.69. The maximum Gasteiger partial charge on any atom is 0.247 e. The average Bonchev–Trinajstić information content (AvgIpc) is 2.96. The first-order chi connectivity index (χ1) is 9.91. The molecule has 21 heavy (non-hydrogen) atoms. The Balaban J connectivity index is 1.88. The van der Waals surface area contributed by atoms with E-state index in [0.717, 1.165) is 12.8 Å². The lowest BCUT2D eigenvalue weighted by molar-refractivity contribution is -0.124. The van der Waals surface area contributed by atoms with Gasteiger partial charge in [-0.3, -0.25) is 9.89 Å². The maximum absolute atomic E-state index is 12.8. The molecule has 0 radical (unpaired) electrons. The van der Waals surface area contributed by atoms with Gasteiger partial charge in [-0.05, 0) is 39.5 Å². The van der Waals surface area contributed by atoms with Crippen LogP contribution in [0.4, 0.5) is 0 Å². The zero-order valence-corrected chi connectivity index (χ0v) is 13.0. The van der Waals surface area contributed by atoms with Gasteiger partial charge in [-0.2, -0.15) is 9.40 Å². The molecule has 2 heterocycles. The summed E-state index contributed by atoms with van der Waals surface area (Å²) in [4.78, 5) is 12.5. The Morgan fingerprint density at radius 2 is 2.05 bits per heavy atom. The van der Waals surface area contributed by atoms with Gasteiger partial charge in [0, 0.05) is 12.6 Å². The van der Waals surface area contributed by atoms with E-state index in [1.165, 1.54) is 4.31 Å². The number of H-pyrrole nitrogens is 1. The summed E-state index contributed by atoms with van der Waals surface area (Å²) in [6.45, 7) is 3.73. The summed E-state index contributed by atoms with van der Waals surface area (Å²) < 4.78 is 27.0. The van der Waals surface area contributed by atoms with Gasteiger partial charge < -0.3 is 5.32 Å². The highest BCUT2D eigenvalue weighted by atomic mass is 32.2. The van der Waals surface area contributed by atoms with E-state index in [4.69, 9.17) is 0 Å². The van der Waals surface area contributed by atoms with Crippen molar-refractivity contribution in [2.24, 2.45) is 0 Å². The summed E-state index contributed by atoms with van der Waals surface area (Å²) in [5.74, 6) is -0.169. The lowest BCUT2D eigenvalue weighted by atomic mass is 10.2. The summed E-state index contributed by atoms with van der Waals surface area (Å²) >= 11 is 0. The third kappa shape index (κ3) is 2.57. The van der Waals surface area contributed by atoms with Crippen LogP contribution in [0.15, 0.2) is 4.90 Å². The number of amides is 1. The molecule has 2 aliphatic rings. The van der Waals surface area contributed by atoms with Crippen molar-refractivity contribution in [3.63, 3.8) is 0 Å². The van der Waals surface area contributed by atoms with E-state index in [1.54, 1.807) is 13.8 Å². The molecule has 1 aromatic rings. The average molecular weight is 312 g/mol. The van der Waals surface area contributed by atoms with Crippen LogP contribution in [0.25, 0.3) is 0 Å². The summed E-state index contributed by atoms with van der Waals surface area (Å²) in [6, 6.07) is -0.357. The van der Waals surface area contributed by atoms with Gasteiger partial charge in [0.1, 0.15) is 10.9 Å². The third-order valence-electron chi connectivity index (χ3n) is 4.06. The fraction of sp³-hybridized carbons (Fsp3) is 0.692. The number of rotatable bonds is 4. The SMILES string of the molecule is Cc1n[nH]c(C)c1S(=O)(=O)N1CCCC1C(=O)NC1CC1. The van der Waals surface area contributed by atoms with Crippen LogP contribution < -0.4 is 5.32 Å². The second-order valence-electron chi connectivity index (χ2n) is 5.82. The number of hydrogen-bond acceptors (Lipinski definition) is 4. The van der Waals surface area contributed by atoms with Crippen molar-refractivity contribution in [2.75, 3.05) is 6.54 Å². The van der Waals surface area contributed by atoms with Crippen molar-refractivity contribution in [1.29, 1.82) is 0 Å². The molecular formula is C13H20N4O3S. The summed E-state index contributed by atoms with van der Waals surface area (Å²) in [5, 5.41) is 9.55. The number of aromatic nitrogens is 2. The number of hydrogen-bond donors (Lipinski definition) is 2. The first-order valence-corrected chi connectivity index (χ1v) is 8.69. The molecule has 0 aromatic carbocycles. The van der Waals surface area contributed by atoms with E-state index in [9.17, 15) is 13.2 Å². The first kappa shape index (κ1) is 14.5. The van der Waals surface area contributed by atoms with E-state index in [2.05, 4.69) is 15.5 Å². The molecule has 2 N–H and O–H groups in total. The minimum Gasteiger partial charge on any atom is -0.352 e. The van der Waals surface area contributed by atoms with Crippen LogP contribution in [0.1, 0.15) is 37.1 Å². The van der Waals surface area contributed by atoms with Crippen molar-refractivity contribution in [2.45, 2.75) is 56.5 Å². The Morgan fingerprint density at radius 1 is 1.33 bits per heavy atom. The zero-order chi connectivity index (χ0) is 15.2. The van der Waals surface area contributed by atoms with Crippen LogP contribution in [0.5, 0.6) is 0 Å². The van der Waals surface area contributed by atoms with Crippen molar-refractivity contribution in [1.82, 2.24) is 19.8 Å². The fourth-order valence-corrected chi connectivity index (χ4v) is 4.84. The quantitative estimate of drug-likeness (QED) is 0.844. The Hall–Kier alpha value is -1.41. The Kier molecular flexibility index (Phi) is 3.53. The predicted molar refractivity (Wildman–Crippen MR) is 76.1 cm³/mol. The smallest absolute Gasteiger partial charge is 0.247 e. The molecule has 1 saturated carbocycles. The fourth-order valence-electron chi connectivity index (χ4n) is 2.85. The zero-order valence-electron chi connectivity index (χ0n) is 12.2. The van der Waals surface area contributed by atoms with Crippen molar-refractivity contribution in [3.8, 4) is 0 Å². The number of aryl methyl sites for hydroxylation is 2. The second kappa shape index (κ2) is 5.10. The molecule has 1 aromatic heterocycles. The normalized spacial score (nSPS) is 23.4. The van der Waals surface area contributed by atoms with Crippen LogP contribution in [0.3, 0.4) is 0 Å². The molecule has 0 bridgehead atoms. The Morgan fingerprint density at radius 3 is 2.62 bits per heavy atom. The lowest BCUT2D eigenvalue weighted by Crippen LogP contribution is -2.46. The highest BCUT2D eigenvalue weighted by Crippen LogP contribution is 2.29. The summed E-state index contributed by atoms with van der Waals surface area (Å²) in [7, 11) is -3.69. The van der Waals surface area contributed by atoms with Crippen LogP contribution in [-0.2, 0) is 14.8 Å². The lowest BCUT2D eigenvalue weighted by Gasteiger charge is -2.23. The Labute approximate surface area is 124 Å². The molecular weight excluding hydrogens is 292 g/mol. The third-order valence-corrected chi connectivity index (χ3v) is 6.23. The van der Waals surface area contributed by atoms with E-state index in [-0.39, 0.29) is 16.8 Å². The molecule has 3 rings (SSSR count). The summed E-state index contributed by atoms with van der Waals surface area (Å²) in [6.07, 6.45) is 3.27. The van der Waals surface area contributed by atoms with Gasteiger partial charge >= 0.3 is 0 Å². The molecule has 1 saturated heterocycles. The number of nitrogens with zero attached hydrogens (tertiary/aromatic N) is 2. The van der Waals surface area contributed by atoms with Crippen LogP contribution >= 0.6 is 0 Å². The van der Waals surface area contributed by atoms with Gasteiger partial charge in [0.15, 0.2) is 0 Å². The van der Waals surface area contributed by atoms with Gasteiger partial charge in [0.05, 0.1) is 11.4 Å². The molecule has 1 aliphatic heterocycles. The highest BCUT2D eigenvalue weighted by molar-refractivity contribution is 7.89. The highest BCUT2D eigenvalue weighted by Gasteiger charge is 2.42. The number of sulfonamides is 1. The van der Waals surface area contributed by atoms with Gasteiger partial charge in [-0.1, -0.05) is 0 Å². The van der Waals surface area contributed by atoms with Crippen molar-refractivity contribution in [3.05, 3.63) is 11.4 Å². The van der Waals surface area contributed by atoms with Gasteiger partial charge in [0.25, 0.3) is 0 Å². The molecule has 116 valence electrons. The standard InChI is InChI=1S/C13H20N4O3S/c1-8-12(9(2)16-15-8)21(19,20)17-7-3-4-11(17)13(18)14-10-5-6-10/h10-11H,3-7H2,1-2H3,(H,14,18)(H,15,16). The van der Waals surface area contributed by atoms with Crippen LogP contribution in [-0.4, -0.2) is 47.5 Å². The van der Waals surface area contributed by atoms with Gasteiger partial charge in [-0.25, -0.2) is 8.42 Å². The van der Waals surface area contributed by atoms with Gasteiger partial charge in [-0.15, -0.1) is 0 Å². The first-order valence-electron chi connectivity index (χ1n) is 7.25. The van der Waals surface area contributed by atoms with E-state index < -0.39 is 16.1 Å². The number of nitrogens with one attached hydrogen (secondary N) is 2. The van der Waals surface area contributed by atoms with Crippen molar-refractivity contribution < 1.29 is 13.2 Å². The molecule has 0 spiro atoms. The molecule has 8 heteroatoms. The predicted octanol–water partition coefficient (Wildman–Crippen LogP) is 0.458. The molecule has 1 aliphatic carbocycles. The van der Waals surface area contributed by atoms with E-state index in [1.807, 2.05) is 0 Å². The molecule has 2 fully saturated rings. The molecule has 7 nitrogen and oxygen atoms in total. The van der Waals surface area contributed by atoms with Crippen LogP contribution in [0, 0.1) is 13.8 Å². The number of carbonyl (C=O) groups excluding carboxylic acids is 1. The van der Waals surface area contributed by atoms with Gasteiger partial charge in [0.2, 0.25) is 15.9 Å². The molecule has 1 atom stereocenters. The summed E-state index contributed by atoms with van der Waals surface area (Å²) in [5.41, 5.74) is 0.960. The number of carbonyl (C=O) groups is 1. The largest absolute Gasteiger partial charge is 0.352 e. The van der Waals surface area contributed by atoms with Crippen molar-refractivity contribution >= 4 is 15.9 Å². The van der Waals surface area contributed by atoms with Crippen LogP contribution in [0.2, 0.25) is 0 Å². The minimum absolute atomic E-state index is 0.169. The second-order valence-corrected chi connectivity index (χ2v) is 7.65. The molecule has 1 amide bonds.